The average Bonchev–Trinajstić information content (AvgIpc) is 2.34. The lowest BCUT2D eigenvalue weighted by molar-refractivity contribution is 0.200. The molecule has 2 unspecified atom stereocenters. The first kappa shape index (κ1) is 14.5. The van der Waals surface area contributed by atoms with E-state index in [4.69, 9.17) is 10.5 Å². The Morgan fingerprint density at radius 3 is 2.59 bits per heavy atom. The minimum Gasteiger partial charge on any atom is -0.385 e. The van der Waals surface area contributed by atoms with E-state index in [-0.39, 0.29) is 11.9 Å². The van der Waals surface area contributed by atoms with Crippen LogP contribution in [0, 0.1) is 5.82 Å². The van der Waals surface area contributed by atoms with Crippen LogP contribution in [-0.2, 0) is 4.74 Å². The van der Waals surface area contributed by atoms with Crippen LogP contribution in [0.4, 0.5) is 4.39 Å². The summed E-state index contributed by atoms with van der Waals surface area (Å²) in [6, 6.07) is 6.37. The molecule has 0 heterocycles. The summed E-state index contributed by atoms with van der Waals surface area (Å²) in [7, 11) is 1.71. The molecule has 17 heavy (non-hydrogen) atoms. The highest BCUT2D eigenvalue weighted by Gasteiger charge is 2.14. The zero-order chi connectivity index (χ0) is 12.7. The number of nitrogens with two attached hydrogens (primary N) is 1. The molecular weight excluding hydrogens is 237 g/mol. The van der Waals surface area contributed by atoms with Gasteiger partial charge >= 0.3 is 0 Å². The van der Waals surface area contributed by atoms with Crippen LogP contribution in [0.25, 0.3) is 0 Å². The second kappa shape index (κ2) is 7.69. The van der Waals surface area contributed by atoms with Crippen molar-refractivity contribution >= 4 is 11.8 Å². The highest BCUT2D eigenvalue weighted by atomic mass is 32.2. The molecule has 0 saturated heterocycles. The molecule has 1 rings (SSSR count). The Morgan fingerprint density at radius 2 is 2.00 bits per heavy atom. The molecule has 2 atom stereocenters. The summed E-state index contributed by atoms with van der Waals surface area (Å²) in [5.74, 6) is 0.811. The van der Waals surface area contributed by atoms with E-state index < -0.39 is 0 Å². The van der Waals surface area contributed by atoms with Crippen molar-refractivity contribution in [3.63, 3.8) is 0 Å². The summed E-state index contributed by atoms with van der Waals surface area (Å²) in [5.41, 5.74) is 7.11. The maximum absolute atomic E-state index is 12.8. The van der Waals surface area contributed by atoms with Crippen LogP contribution >= 0.6 is 11.8 Å². The van der Waals surface area contributed by atoms with Crippen LogP contribution in [0.2, 0.25) is 0 Å². The zero-order valence-electron chi connectivity index (χ0n) is 10.4. The fraction of sp³-hybridized carbons (Fsp3) is 0.538. The molecule has 2 N–H and O–H groups in total. The van der Waals surface area contributed by atoms with Gasteiger partial charge in [-0.3, -0.25) is 0 Å². The van der Waals surface area contributed by atoms with Crippen molar-refractivity contribution in [3.8, 4) is 0 Å². The number of hydrogen-bond donors (Lipinski definition) is 1. The quantitative estimate of drug-likeness (QED) is 0.763. The third-order valence-corrected chi connectivity index (χ3v) is 3.98. The fourth-order valence-electron chi connectivity index (χ4n) is 1.53. The van der Waals surface area contributed by atoms with Gasteiger partial charge < -0.3 is 10.5 Å². The monoisotopic (exact) mass is 257 g/mol. The summed E-state index contributed by atoms with van der Waals surface area (Å²) in [6.07, 6.45) is 1.03. The molecule has 0 amide bonds. The van der Waals surface area contributed by atoms with Crippen LogP contribution in [0.1, 0.15) is 24.9 Å². The maximum atomic E-state index is 12.8. The van der Waals surface area contributed by atoms with Crippen LogP contribution in [0.15, 0.2) is 24.3 Å². The molecule has 0 aliphatic rings. The lowest BCUT2D eigenvalue weighted by atomic mass is 10.1. The van der Waals surface area contributed by atoms with E-state index in [2.05, 4.69) is 6.92 Å². The Balaban J connectivity index is 2.40. The molecule has 0 radical (unpaired) electrons. The number of benzene rings is 1. The van der Waals surface area contributed by atoms with Crippen molar-refractivity contribution in [2.24, 2.45) is 5.73 Å². The largest absolute Gasteiger partial charge is 0.385 e. The molecule has 96 valence electrons. The minimum atomic E-state index is -0.221. The van der Waals surface area contributed by atoms with E-state index in [1.165, 1.54) is 12.1 Å². The van der Waals surface area contributed by atoms with Gasteiger partial charge in [0.15, 0.2) is 0 Å². The van der Waals surface area contributed by atoms with E-state index in [1.807, 2.05) is 11.8 Å². The Kier molecular flexibility index (Phi) is 6.55. The molecule has 0 saturated carbocycles. The van der Waals surface area contributed by atoms with Crippen LogP contribution < -0.4 is 5.73 Å². The first-order valence-electron chi connectivity index (χ1n) is 5.76. The zero-order valence-corrected chi connectivity index (χ0v) is 11.2. The number of ether oxygens (including phenoxy) is 1. The molecule has 4 heteroatoms. The van der Waals surface area contributed by atoms with Crippen molar-refractivity contribution in [2.75, 3.05) is 19.5 Å². The highest BCUT2D eigenvalue weighted by molar-refractivity contribution is 7.99. The Morgan fingerprint density at radius 1 is 1.35 bits per heavy atom. The van der Waals surface area contributed by atoms with Crippen molar-refractivity contribution in [3.05, 3.63) is 35.6 Å². The highest BCUT2D eigenvalue weighted by Crippen LogP contribution is 2.24. The molecule has 0 aromatic heterocycles. The molecule has 0 spiro atoms. The minimum absolute atomic E-state index is 0.0526. The van der Waals surface area contributed by atoms with E-state index in [1.54, 1.807) is 19.2 Å². The number of hydrogen-bond acceptors (Lipinski definition) is 3. The number of thioether (sulfide) groups is 1. The summed E-state index contributed by atoms with van der Waals surface area (Å²) >= 11 is 1.82. The van der Waals surface area contributed by atoms with Gasteiger partial charge in [-0.25, -0.2) is 4.39 Å². The van der Waals surface area contributed by atoms with Crippen molar-refractivity contribution in [2.45, 2.75) is 24.6 Å². The molecule has 1 aromatic carbocycles. The smallest absolute Gasteiger partial charge is 0.123 e. The molecule has 2 nitrogen and oxygen atoms in total. The number of methoxy groups -OCH3 is 1. The third kappa shape index (κ3) is 5.06. The van der Waals surface area contributed by atoms with E-state index >= 15 is 0 Å². The Bertz CT molecular complexity index is 318. The lowest BCUT2D eigenvalue weighted by Crippen LogP contribution is -2.21. The van der Waals surface area contributed by atoms with Crippen molar-refractivity contribution in [1.82, 2.24) is 0 Å². The molecule has 1 aromatic rings. The second-order valence-corrected chi connectivity index (χ2v) is 5.48. The van der Waals surface area contributed by atoms with Crippen molar-refractivity contribution < 1.29 is 9.13 Å². The van der Waals surface area contributed by atoms with E-state index in [0.717, 1.165) is 24.3 Å². The van der Waals surface area contributed by atoms with Gasteiger partial charge in [-0.05, 0) is 29.9 Å². The normalized spacial score (nSPS) is 14.6. The van der Waals surface area contributed by atoms with Gasteiger partial charge in [0.25, 0.3) is 0 Å². The van der Waals surface area contributed by atoms with Gasteiger partial charge in [-0.1, -0.05) is 19.1 Å². The summed E-state index contributed by atoms with van der Waals surface area (Å²) in [4.78, 5) is 0. The van der Waals surface area contributed by atoms with Gasteiger partial charge in [0, 0.05) is 25.0 Å². The number of rotatable bonds is 7. The third-order valence-electron chi connectivity index (χ3n) is 2.63. The molecular formula is C13H20FNOS. The van der Waals surface area contributed by atoms with Crippen molar-refractivity contribution in [1.29, 1.82) is 0 Å². The van der Waals surface area contributed by atoms with Gasteiger partial charge in [0.05, 0.1) is 0 Å². The fourth-order valence-corrected chi connectivity index (χ4v) is 2.55. The summed E-state index contributed by atoms with van der Waals surface area (Å²) < 4.78 is 17.8. The van der Waals surface area contributed by atoms with Crippen LogP contribution in [0.5, 0.6) is 0 Å². The summed E-state index contributed by atoms with van der Waals surface area (Å²) in [5, 5.41) is 0.317. The Labute approximate surface area is 107 Å². The molecule has 0 bridgehead atoms. The topological polar surface area (TPSA) is 35.2 Å². The van der Waals surface area contributed by atoms with E-state index in [9.17, 15) is 4.39 Å². The van der Waals surface area contributed by atoms with E-state index in [0.29, 0.717) is 5.25 Å². The summed E-state index contributed by atoms with van der Waals surface area (Å²) in [6.45, 7) is 2.89. The lowest BCUT2D eigenvalue weighted by Gasteiger charge is -2.19. The second-order valence-electron chi connectivity index (χ2n) is 4.00. The van der Waals surface area contributed by atoms with Gasteiger partial charge in [-0.15, -0.1) is 0 Å². The van der Waals surface area contributed by atoms with Gasteiger partial charge in [0.2, 0.25) is 0 Å². The Hall–Kier alpha value is -0.580. The van der Waals surface area contributed by atoms with Crippen LogP contribution in [0.3, 0.4) is 0 Å². The van der Waals surface area contributed by atoms with Gasteiger partial charge in [0.1, 0.15) is 5.82 Å². The first-order chi connectivity index (χ1) is 8.15. The van der Waals surface area contributed by atoms with Gasteiger partial charge in [-0.2, -0.15) is 11.8 Å². The standard InChI is InChI=1S/C13H20FNOS/c1-10(17-9-3-8-16-2)13(15)11-4-6-12(14)7-5-11/h4-7,10,13H,3,8-9,15H2,1-2H3. The molecule has 0 aliphatic heterocycles. The maximum Gasteiger partial charge on any atom is 0.123 e. The predicted molar refractivity (Wildman–Crippen MR) is 71.7 cm³/mol. The molecule has 0 fully saturated rings. The molecule has 0 aliphatic carbocycles. The SMILES string of the molecule is COCCCSC(C)C(N)c1ccc(F)cc1. The van der Waals surface area contributed by atoms with Crippen LogP contribution in [-0.4, -0.2) is 24.7 Å². The average molecular weight is 257 g/mol. The number of halogens is 1. The predicted octanol–water partition coefficient (Wildman–Crippen LogP) is 2.98. The first-order valence-corrected chi connectivity index (χ1v) is 6.81.